The lowest BCUT2D eigenvalue weighted by Crippen LogP contribution is -2.49. The second kappa shape index (κ2) is 5.10. The summed E-state index contributed by atoms with van der Waals surface area (Å²) in [6.07, 6.45) is 0.484. The SMILES string of the molecule is CC(C)C(C)N1CCC(O)C(CO)C1. The first kappa shape index (κ1) is 12.0. The molecule has 14 heavy (non-hydrogen) atoms. The van der Waals surface area contributed by atoms with Gasteiger partial charge in [0, 0.05) is 31.7 Å². The molecule has 2 N–H and O–H groups in total. The number of aliphatic hydroxyl groups is 2. The summed E-state index contributed by atoms with van der Waals surface area (Å²) >= 11 is 0. The molecule has 1 saturated heterocycles. The van der Waals surface area contributed by atoms with Gasteiger partial charge in [0.25, 0.3) is 0 Å². The fourth-order valence-corrected chi connectivity index (χ4v) is 2.02. The van der Waals surface area contributed by atoms with Crippen molar-refractivity contribution in [1.82, 2.24) is 4.90 Å². The molecule has 3 heteroatoms. The van der Waals surface area contributed by atoms with Gasteiger partial charge in [0.15, 0.2) is 0 Å². The molecule has 1 heterocycles. The van der Waals surface area contributed by atoms with Gasteiger partial charge in [-0.05, 0) is 19.3 Å². The van der Waals surface area contributed by atoms with E-state index in [4.69, 9.17) is 5.11 Å². The normalized spacial score (nSPS) is 32.1. The van der Waals surface area contributed by atoms with Gasteiger partial charge in [0.1, 0.15) is 0 Å². The predicted molar refractivity (Wildman–Crippen MR) is 57.1 cm³/mol. The molecule has 1 aliphatic rings. The summed E-state index contributed by atoms with van der Waals surface area (Å²) in [5.41, 5.74) is 0. The number of rotatable bonds is 3. The summed E-state index contributed by atoms with van der Waals surface area (Å²) in [7, 11) is 0. The van der Waals surface area contributed by atoms with E-state index in [0.29, 0.717) is 12.0 Å². The lowest BCUT2D eigenvalue weighted by molar-refractivity contribution is -0.0171. The van der Waals surface area contributed by atoms with Crippen LogP contribution >= 0.6 is 0 Å². The summed E-state index contributed by atoms with van der Waals surface area (Å²) in [6, 6.07) is 0.538. The van der Waals surface area contributed by atoms with Gasteiger partial charge >= 0.3 is 0 Å². The lowest BCUT2D eigenvalue weighted by Gasteiger charge is -2.40. The molecule has 3 unspecified atom stereocenters. The molecule has 1 rings (SSSR count). The molecular formula is C11H23NO2. The Bertz CT molecular complexity index is 173. The van der Waals surface area contributed by atoms with Crippen LogP contribution < -0.4 is 0 Å². The van der Waals surface area contributed by atoms with Crippen LogP contribution in [0, 0.1) is 11.8 Å². The third-order valence-electron chi connectivity index (χ3n) is 3.50. The number of likely N-dealkylation sites (tertiary alicyclic amines) is 1. The molecule has 0 spiro atoms. The zero-order valence-corrected chi connectivity index (χ0v) is 9.48. The average Bonchev–Trinajstić information content (AvgIpc) is 2.17. The van der Waals surface area contributed by atoms with E-state index in [1.165, 1.54) is 0 Å². The van der Waals surface area contributed by atoms with Crippen LogP contribution in [0.1, 0.15) is 27.2 Å². The Morgan fingerprint density at radius 3 is 2.50 bits per heavy atom. The van der Waals surface area contributed by atoms with Gasteiger partial charge in [-0.2, -0.15) is 0 Å². The Kier molecular flexibility index (Phi) is 4.35. The van der Waals surface area contributed by atoms with Crippen molar-refractivity contribution in [2.24, 2.45) is 11.8 Å². The van der Waals surface area contributed by atoms with Gasteiger partial charge in [-0.25, -0.2) is 0 Å². The predicted octanol–water partition coefficient (Wildman–Crippen LogP) is 0.706. The van der Waals surface area contributed by atoms with Crippen LogP contribution in [0.3, 0.4) is 0 Å². The monoisotopic (exact) mass is 201 g/mol. The molecule has 0 bridgehead atoms. The largest absolute Gasteiger partial charge is 0.396 e. The van der Waals surface area contributed by atoms with E-state index in [1.807, 2.05) is 0 Å². The number of nitrogens with zero attached hydrogens (tertiary/aromatic N) is 1. The number of hydrogen-bond acceptors (Lipinski definition) is 3. The van der Waals surface area contributed by atoms with Crippen molar-refractivity contribution in [3.8, 4) is 0 Å². The molecule has 0 radical (unpaired) electrons. The van der Waals surface area contributed by atoms with Gasteiger partial charge < -0.3 is 10.2 Å². The lowest BCUT2D eigenvalue weighted by atomic mass is 9.92. The zero-order chi connectivity index (χ0) is 10.7. The second-order valence-electron chi connectivity index (χ2n) is 4.78. The van der Waals surface area contributed by atoms with E-state index >= 15 is 0 Å². The van der Waals surface area contributed by atoms with Gasteiger partial charge in [-0.3, -0.25) is 4.90 Å². The van der Waals surface area contributed by atoms with E-state index in [2.05, 4.69) is 25.7 Å². The van der Waals surface area contributed by atoms with Crippen molar-refractivity contribution in [3.63, 3.8) is 0 Å². The van der Waals surface area contributed by atoms with Crippen molar-refractivity contribution in [2.75, 3.05) is 19.7 Å². The Balaban J connectivity index is 2.49. The Hall–Kier alpha value is -0.120. The van der Waals surface area contributed by atoms with Crippen molar-refractivity contribution in [1.29, 1.82) is 0 Å². The molecule has 3 atom stereocenters. The maximum absolute atomic E-state index is 9.62. The van der Waals surface area contributed by atoms with Crippen molar-refractivity contribution >= 4 is 0 Å². The zero-order valence-electron chi connectivity index (χ0n) is 9.48. The number of piperidine rings is 1. The molecular weight excluding hydrogens is 178 g/mol. The highest BCUT2D eigenvalue weighted by molar-refractivity contribution is 4.83. The highest BCUT2D eigenvalue weighted by Gasteiger charge is 2.30. The molecule has 0 aliphatic carbocycles. The van der Waals surface area contributed by atoms with Crippen LogP contribution in [0.2, 0.25) is 0 Å². The van der Waals surface area contributed by atoms with Gasteiger partial charge in [0.05, 0.1) is 6.10 Å². The minimum absolute atomic E-state index is 0.0462. The topological polar surface area (TPSA) is 43.7 Å². The molecule has 0 saturated carbocycles. The van der Waals surface area contributed by atoms with Crippen molar-refractivity contribution in [2.45, 2.75) is 39.3 Å². The van der Waals surface area contributed by atoms with E-state index in [1.54, 1.807) is 0 Å². The van der Waals surface area contributed by atoms with E-state index in [0.717, 1.165) is 19.5 Å². The number of aliphatic hydroxyl groups excluding tert-OH is 2. The highest BCUT2D eigenvalue weighted by atomic mass is 16.3. The van der Waals surface area contributed by atoms with Crippen molar-refractivity contribution in [3.05, 3.63) is 0 Å². The maximum atomic E-state index is 9.62. The fourth-order valence-electron chi connectivity index (χ4n) is 2.02. The van der Waals surface area contributed by atoms with Crippen molar-refractivity contribution < 1.29 is 10.2 Å². The van der Waals surface area contributed by atoms with Crippen LogP contribution in [0.5, 0.6) is 0 Å². The maximum Gasteiger partial charge on any atom is 0.0614 e. The van der Waals surface area contributed by atoms with Crippen LogP contribution in [0.4, 0.5) is 0 Å². The molecule has 0 aromatic rings. The third-order valence-corrected chi connectivity index (χ3v) is 3.50. The minimum Gasteiger partial charge on any atom is -0.396 e. The summed E-state index contributed by atoms with van der Waals surface area (Å²) < 4.78 is 0. The molecule has 0 aromatic carbocycles. The van der Waals surface area contributed by atoms with Crippen LogP contribution in [0.15, 0.2) is 0 Å². The van der Waals surface area contributed by atoms with Crippen LogP contribution in [0.25, 0.3) is 0 Å². The smallest absolute Gasteiger partial charge is 0.0614 e. The molecule has 0 aromatic heterocycles. The van der Waals surface area contributed by atoms with Gasteiger partial charge in [-0.15, -0.1) is 0 Å². The Morgan fingerprint density at radius 1 is 1.36 bits per heavy atom. The summed E-state index contributed by atoms with van der Waals surface area (Å²) in [5, 5.41) is 18.7. The fraction of sp³-hybridized carbons (Fsp3) is 1.00. The van der Waals surface area contributed by atoms with Gasteiger partial charge in [-0.1, -0.05) is 13.8 Å². The minimum atomic E-state index is -0.310. The third kappa shape index (κ3) is 2.69. The van der Waals surface area contributed by atoms with Crippen LogP contribution in [-0.2, 0) is 0 Å². The molecule has 1 fully saturated rings. The molecule has 0 amide bonds. The first-order valence-electron chi connectivity index (χ1n) is 5.59. The number of hydrogen-bond donors (Lipinski definition) is 2. The first-order chi connectivity index (χ1) is 6.56. The highest BCUT2D eigenvalue weighted by Crippen LogP contribution is 2.21. The van der Waals surface area contributed by atoms with E-state index in [9.17, 15) is 5.11 Å². The average molecular weight is 201 g/mol. The van der Waals surface area contributed by atoms with Crippen LogP contribution in [-0.4, -0.2) is 47.0 Å². The standard InChI is InChI=1S/C11H23NO2/c1-8(2)9(3)12-5-4-11(14)10(6-12)7-13/h8-11,13-14H,4-7H2,1-3H3. The second-order valence-corrected chi connectivity index (χ2v) is 4.78. The molecule has 84 valence electrons. The molecule has 1 aliphatic heterocycles. The Morgan fingerprint density at radius 2 is 2.00 bits per heavy atom. The summed E-state index contributed by atoms with van der Waals surface area (Å²) in [4.78, 5) is 2.37. The van der Waals surface area contributed by atoms with Gasteiger partial charge in [0.2, 0.25) is 0 Å². The Labute approximate surface area is 86.7 Å². The van der Waals surface area contributed by atoms with E-state index < -0.39 is 0 Å². The first-order valence-corrected chi connectivity index (χ1v) is 5.59. The molecule has 3 nitrogen and oxygen atoms in total. The van der Waals surface area contributed by atoms with E-state index in [-0.39, 0.29) is 18.6 Å². The quantitative estimate of drug-likeness (QED) is 0.706. The summed E-state index contributed by atoms with van der Waals surface area (Å²) in [6.45, 7) is 8.53. The summed E-state index contributed by atoms with van der Waals surface area (Å²) in [5.74, 6) is 0.675.